The van der Waals surface area contributed by atoms with E-state index in [1.54, 1.807) is 12.1 Å². The molecule has 1 aromatic heterocycles. The second-order valence-electron chi connectivity index (χ2n) is 3.18. The van der Waals surface area contributed by atoms with Crippen molar-refractivity contribution in [3.05, 3.63) is 41.6 Å². The van der Waals surface area contributed by atoms with E-state index in [2.05, 4.69) is 4.98 Å². The number of carbonyl (C=O) groups is 2. The van der Waals surface area contributed by atoms with Gasteiger partial charge in [0.1, 0.15) is 5.69 Å². The van der Waals surface area contributed by atoms with Crippen LogP contribution in [-0.2, 0) is 0 Å². The van der Waals surface area contributed by atoms with Gasteiger partial charge in [-0.15, -0.1) is 0 Å². The number of para-hydroxylation sites is 1. The van der Waals surface area contributed by atoms with Crippen LogP contribution < -0.4 is 0 Å². The molecule has 2 rings (SSSR count). The van der Waals surface area contributed by atoms with Crippen LogP contribution in [-0.4, -0.2) is 86.3 Å². The summed E-state index contributed by atoms with van der Waals surface area (Å²) in [5, 5.41) is 18.3. The van der Waals surface area contributed by atoms with Gasteiger partial charge >= 0.3 is 11.9 Å². The molecule has 0 bridgehead atoms. The van der Waals surface area contributed by atoms with Crippen LogP contribution in [0, 0.1) is 0 Å². The van der Waals surface area contributed by atoms with E-state index < -0.39 is 11.9 Å². The van der Waals surface area contributed by atoms with Crippen LogP contribution in [0.3, 0.4) is 0 Å². The largest absolute Gasteiger partial charge is 0.478 e. The zero-order valence-electron chi connectivity index (χ0n) is 10.0. The van der Waals surface area contributed by atoms with Crippen LogP contribution in [0.25, 0.3) is 10.9 Å². The smallest absolute Gasteiger partial charge is 0.354 e. The topological polar surface area (TPSA) is 87.5 Å². The van der Waals surface area contributed by atoms with E-state index in [-0.39, 0.29) is 75.9 Å². The molecule has 2 N–H and O–H groups in total. The molecule has 7 heteroatoms. The fourth-order valence-electron chi connectivity index (χ4n) is 1.44. The Morgan fingerprint density at radius 3 is 2.17 bits per heavy atom. The molecule has 0 atom stereocenters. The third-order valence-electron chi connectivity index (χ3n) is 2.17. The molecule has 0 saturated carbocycles. The number of rotatable bonds is 2. The number of carboxylic acid groups (broad SMARTS) is 2. The summed E-state index contributed by atoms with van der Waals surface area (Å²) in [6, 6.07) is 7.55. The normalized spacial score (nSPS) is 9.11. The standard InChI is InChI=1S/C11H7NO4.2Na/c13-10(14)7-3-1-2-6-4-5-8(11(15)16)12-9(6)7;;/h1-5H,(H,13,14)(H,15,16);;. The molecule has 0 saturated heterocycles. The zero-order chi connectivity index (χ0) is 11.7. The van der Waals surface area contributed by atoms with E-state index in [4.69, 9.17) is 10.2 Å². The van der Waals surface area contributed by atoms with E-state index in [0.717, 1.165) is 0 Å². The Bertz CT molecular complexity index is 601. The Morgan fingerprint density at radius 2 is 1.61 bits per heavy atom. The van der Waals surface area contributed by atoms with Crippen LogP contribution >= 0.6 is 0 Å². The predicted molar refractivity (Wildman–Crippen MR) is 67.2 cm³/mol. The minimum atomic E-state index is -1.18. The Balaban J connectivity index is 0.00000144. The molecule has 0 spiro atoms. The van der Waals surface area contributed by atoms with Gasteiger partial charge < -0.3 is 10.2 Å². The van der Waals surface area contributed by atoms with Crippen LogP contribution in [0.2, 0.25) is 0 Å². The maximum Gasteiger partial charge on any atom is 0.354 e. The van der Waals surface area contributed by atoms with Gasteiger partial charge in [-0.3, -0.25) is 0 Å². The molecule has 5 nitrogen and oxygen atoms in total. The number of carboxylic acids is 2. The molecule has 0 aliphatic heterocycles. The summed E-state index contributed by atoms with van der Waals surface area (Å²) in [5.41, 5.74) is 0.0247. The summed E-state index contributed by atoms with van der Waals surface area (Å²) >= 11 is 0. The van der Waals surface area contributed by atoms with E-state index >= 15 is 0 Å². The van der Waals surface area contributed by atoms with Crippen LogP contribution in [0.15, 0.2) is 30.3 Å². The first-order valence-electron chi connectivity index (χ1n) is 4.46. The number of aromatic carboxylic acids is 2. The third-order valence-corrected chi connectivity index (χ3v) is 2.17. The Hall–Kier alpha value is -0.430. The third kappa shape index (κ3) is 3.54. The monoisotopic (exact) mass is 263 g/mol. The second-order valence-corrected chi connectivity index (χ2v) is 3.18. The van der Waals surface area contributed by atoms with Gasteiger partial charge in [-0.05, 0) is 12.1 Å². The van der Waals surface area contributed by atoms with Crippen molar-refractivity contribution in [2.24, 2.45) is 0 Å². The molecule has 18 heavy (non-hydrogen) atoms. The molecular formula is C11H7NNa2O4. The molecule has 0 aliphatic rings. The van der Waals surface area contributed by atoms with Crippen LogP contribution in [0.4, 0.5) is 0 Å². The van der Waals surface area contributed by atoms with Gasteiger partial charge in [-0.25, -0.2) is 14.6 Å². The molecular weight excluding hydrogens is 256 g/mol. The van der Waals surface area contributed by atoms with Crippen LogP contribution in [0.1, 0.15) is 20.8 Å². The van der Waals surface area contributed by atoms with Crippen molar-refractivity contribution in [2.45, 2.75) is 0 Å². The molecule has 0 fully saturated rings. The summed E-state index contributed by atoms with van der Waals surface area (Å²) < 4.78 is 0. The minimum absolute atomic E-state index is 0. The fourth-order valence-corrected chi connectivity index (χ4v) is 1.44. The van der Waals surface area contributed by atoms with Crippen molar-refractivity contribution < 1.29 is 19.8 Å². The fraction of sp³-hybridized carbons (Fsp3) is 0. The second kappa shape index (κ2) is 7.23. The van der Waals surface area contributed by atoms with Gasteiger partial charge in [0.2, 0.25) is 0 Å². The number of pyridine rings is 1. The zero-order valence-corrected chi connectivity index (χ0v) is 14.0. The van der Waals surface area contributed by atoms with Crippen molar-refractivity contribution >= 4 is 82.0 Å². The number of hydrogen-bond acceptors (Lipinski definition) is 3. The average Bonchev–Trinajstić information content (AvgIpc) is 2.27. The van der Waals surface area contributed by atoms with Crippen molar-refractivity contribution in [2.75, 3.05) is 0 Å². The molecule has 82 valence electrons. The van der Waals surface area contributed by atoms with Gasteiger partial charge in [-0.1, -0.05) is 18.2 Å². The quantitative estimate of drug-likeness (QED) is 0.785. The van der Waals surface area contributed by atoms with E-state index in [0.29, 0.717) is 5.39 Å². The van der Waals surface area contributed by atoms with Crippen molar-refractivity contribution in [1.82, 2.24) is 4.98 Å². The minimum Gasteiger partial charge on any atom is -0.478 e. The Kier molecular flexibility index (Phi) is 7.06. The first-order valence-corrected chi connectivity index (χ1v) is 4.46. The molecule has 0 amide bonds. The van der Waals surface area contributed by atoms with E-state index in [9.17, 15) is 9.59 Å². The maximum atomic E-state index is 10.9. The molecule has 2 aromatic rings. The Labute approximate surface area is 147 Å². The van der Waals surface area contributed by atoms with Gasteiger partial charge in [0.15, 0.2) is 0 Å². The average molecular weight is 263 g/mol. The van der Waals surface area contributed by atoms with Gasteiger partial charge in [0.25, 0.3) is 0 Å². The SMILES string of the molecule is O=C(O)c1ccc2cccc(C(=O)O)c2n1.[Na].[Na]. The summed E-state index contributed by atoms with van der Waals surface area (Å²) in [4.78, 5) is 25.4. The first-order chi connectivity index (χ1) is 7.59. The van der Waals surface area contributed by atoms with Gasteiger partial charge in [-0.2, -0.15) is 0 Å². The summed E-state index contributed by atoms with van der Waals surface area (Å²) in [6.45, 7) is 0. The van der Waals surface area contributed by atoms with Crippen molar-refractivity contribution in [3.63, 3.8) is 0 Å². The molecule has 1 heterocycles. The maximum absolute atomic E-state index is 10.9. The first kappa shape index (κ1) is 17.6. The molecule has 0 unspecified atom stereocenters. The van der Waals surface area contributed by atoms with Crippen molar-refractivity contribution in [1.29, 1.82) is 0 Å². The van der Waals surface area contributed by atoms with Crippen LogP contribution in [0.5, 0.6) is 0 Å². The predicted octanol–water partition coefficient (Wildman–Crippen LogP) is 0.870. The molecule has 0 aliphatic carbocycles. The van der Waals surface area contributed by atoms with E-state index in [1.165, 1.54) is 18.2 Å². The number of hydrogen-bond donors (Lipinski definition) is 2. The summed E-state index contributed by atoms with van der Waals surface area (Å²) in [5.74, 6) is -2.30. The Morgan fingerprint density at radius 1 is 0.944 bits per heavy atom. The number of nitrogens with zero attached hydrogens (tertiary/aromatic N) is 1. The van der Waals surface area contributed by atoms with Crippen molar-refractivity contribution in [3.8, 4) is 0 Å². The number of aromatic nitrogens is 1. The number of benzene rings is 1. The molecule has 1 aromatic carbocycles. The molecule has 2 radical (unpaired) electrons. The summed E-state index contributed by atoms with van der Waals surface area (Å²) in [6.07, 6.45) is 0. The summed E-state index contributed by atoms with van der Waals surface area (Å²) in [7, 11) is 0. The van der Waals surface area contributed by atoms with E-state index in [1.807, 2.05) is 0 Å². The number of fused-ring (bicyclic) bond motifs is 1. The van der Waals surface area contributed by atoms with Gasteiger partial charge in [0, 0.05) is 64.5 Å². The van der Waals surface area contributed by atoms with Gasteiger partial charge in [0.05, 0.1) is 11.1 Å².